The highest BCUT2D eigenvalue weighted by Crippen LogP contribution is 2.40. The Morgan fingerprint density at radius 2 is 2.06 bits per heavy atom. The Bertz CT molecular complexity index is 1610. The third kappa shape index (κ3) is 3.89. The maximum Gasteiger partial charge on any atom is 0.287 e. The minimum Gasteiger partial charge on any atom is -0.496 e. The Kier molecular flexibility index (Phi) is 5.72. The fraction of sp³-hybridized carbons (Fsp3) is 0.0435. The first-order valence-corrected chi connectivity index (χ1v) is 11.8. The van der Waals surface area contributed by atoms with Crippen LogP contribution in [0, 0.1) is 10.1 Å². The Hall–Kier alpha value is -3.47. The summed E-state index contributed by atoms with van der Waals surface area (Å²) in [5.74, 6) is 0.638. The van der Waals surface area contributed by atoms with Crippen LogP contribution in [0.3, 0.4) is 0 Å². The summed E-state index contributed by atoms with van der Waals surface area (Å²) in [6, 6.07) is 15.1. The molecule has 5 rings (SSSR count). The lowest BCUT2D eigenvalue weighted by atomic mass is 10.2. The fourth-order valence-electron chi connectivity index (χ4n) is 3.48. The van der Waals surface area contributed by atoms with Gasteiger partial charge in [0.15, 0.2) is 5.58 Å². The van der Waals surface area contributed by atoms with Crippen LogP contribution in [-0.4, -0.2) is 22.9 Å². The lowest BCUT2D eigenvalue weighted by Gasteiger charge is -2.03. The number of carbonyl (C=O) groups excluding carboxylic acids is 1. The summed E-state index contributed by atoms with van der Waals surface area (Å²) >= 11 is 10.8. The predicted molar refractivity (Wildman–Crippen MR) is 135 cm³/mol. The number of halogens is 2. The highest BCUT2D eigenvalue weighted by atomic mass is 79.9. The molecule has 0 atom stereocenters. The molecule has 5 aromatic rings. The number of hydrogen-bond donors (Lipinski definition) is 1. The van der Waals surface area contributed by atoms with E-state index in [9.17, 15) is 14.9 Å². The molecule has 0 unspecified atom stereocenters. The number of benzene rings is 3. The van der Waals surface area contributed by atoms with E-state index in [0.717, 1.165) is 21.4 Å². The molecule has 0 saturated heterocycles. The summed E-state index contributed by atoms with van der Waals surface area (Å²) in [5, 5.41) is 14.7. The van der Waals surface area contributed by atoms with E-state index in [-0.39, 0.29) is 15.6 Å². The van der Waals surface area contributed by atoms with Gasteiger partial charge >= 0.3 is 0 Å². The molecule has 34 heavy (non-hydrogen) atoms. The summed E-state index contributed by atoms with van der Waals surface area (Å²) < 4.78 is 12.2. The van der Waals surface area contributed by atoms with Crippen LogP contribution in [0.5, 0.6) is 5.75 Å². The van der Waals surface area contributed by atoms with Gasteiger partial charge in [-0.15, -0.1) is 11.3 Å². The lowest BCUT2D eigenvalue weighted by molar-refractivity contribution is -0.382. The highest BCUT2D eigenvalue weighted by Gasteiger charge is 2.23. The van der Waals surface area contributed by atoms with Gasteiger partial charge in [0.05, 0.1) is 21.5 Å². The first-order chi connectivity index (χ1) is 16.4. The summed E-state index contributed by atoms with van der Waals surface area (Å²) in [4.78, 5) is 28.5. The van der Waals surface area contributed by atoms with Crippen LogP contribution < -0.4 is 10.1 Å². The average Bonchev–Trinajstić information content (AvgIpc) is 3.40. The van der Waals surface area contributed by atoms with Gasteiger partial charge in [0, 0.05) is 22.7 Å². The topological polar surface area (TPSA) is 108 Å². The van der Waals surface area contributed by atoms with Gasteiger partial charge in [0.1, 0.15) is 20.8 Å². The first kappa shape index (κ1) is 22.3. The zero-order valence-electron chi connectivity index (χ0n) is 17.3. The van der Waals surface area contributed by atoms with Gasteiger partial charge in [0.2, 0.25) is 5.89 Å². The molecule has 0 aliphatic rings. The van der Waals surface area contributed by atoms with E-state index in [0.29, 0.717) is 38.5 Å². The number of aromatic nitrogens is 1. The Morgan fingerprint density at radius 3 is 2.79 bits per heavy atom. The van der Waals surface area contributed by atoms with Crippen molar-refractivity contribution in [2.45, 2.75) is 0 Å². The number of ether oxygens (including phenoxy) is 1. The molecule has 0 fully saturated rings. The van der Waals surface area contributed by atoms with Gasteiger partial charge in [-0.25, -0.2) is 4.98 Å². The summed E-state index contributed by atoms with van der Waals surface area (Å²) in [5.41, 5.74) is 2.25. The number of fused-ring (bicyclic) bond motifs is 2. The van der Waals surface area contributed by atoms with Crippen LogP contribution in [0.25, 0.3) is 32.6 Å². The van der Waals surface area contributed by atoms with Crippen molar-refractivity contribution in [3.05, 3.63) is 79.1 Å². The Morgan fingerprint density at radius 1 is 1.24 bits per heavy atom. The Labute approximate surface area is 209 Å². The molecular formula is C23H13BrClN3O5S. The molecule has 2 aromatic heterocycles. The molecule has 2 heterocycles. The van der Waals surface area contributed by atoms with Gasteiger partial charge in [-0.1, -0.05) is 23.7 Å². The van der Waals surface area contributed by atoms with E-state index in [4.69, 9.17) is 20.8 Å². The van der Waals surface area contributed by atoms with Crippen LogP contribution in [0.15, 0.2) is 63.5 Å². The van der Waals surface area contributed by atoms with Gasteiger partial charge < -0.3 is 14.5 Å². The molecule has 0 saturated carbocycles. The van der Waals surface area contributed by atoms with Gasteiger partial charge in [-0.05, 0) is 52.3 Å². The smallest absolute Gasteiger partial charge is 0.287 e. The number of nitrogens with one attached hydrogen (secondary N) is 1. The number of non-ortho nitro benzene ring substituents is 1. The van der Waals surface area contributed by atoms with Crippen LogP contribution in [0.4, 0.5) is 11.4 Å². The number of hydrogen-bond acceptors (Lipinski definition) is 7. The zero-order chi connectivity index (χ0) is 24.0. The molecule has 0 spiro atoms. The fourth-order valence-corrected chi connectivity index (χ4v) is 5.51. The molecule has 0 aliphatic carbocycles. The van der Waals surface area contributed by atoms with Crippen molar-refractivity contribution in [2.75, 3.05) is 12.4 Å². The number of rotatable bonds is 5. The maximum atomic E-state index is 12.9. The second-order valence-corrected chi connectivity index (χ2v) is 9.41. The maximum absolute atomic E-state index is 12.9. The third-order valence-electron chi connectivity index (χ3n) is 5.08. The molecule has 1 amide bonds. The second-order valence-electron chi connectivity index (χ2n) is 7.16. The largest absolute Gasteiger partial charge is 0.496 e. The summed E-state index contributed by atoms with van der Waals surface area (Å²) in [6.45, 7) is 0. The average molecular weight is 559 g/mol. The number of amides is 1. The number of nitrogens with zero attached hydrogens (tertiary/aromatic N) is 2. The van der Waals surface area contributed by atoms with Crippen molar-refractivity contribution in [2.24, 2.45) is 0 Å². The molecule has 170 valence electrons. The van der Waals surface area contributed by atoms with E-state index < -0.39 is 10.8 Å². The molecule has 11 heteroatoms. The molecule has 8 nitrogen and oxygen atoms in total. The standard InChI is InChI=1S/C23H13BrClN3O5S/c1-32-17-7-5-11(9-14(17)24)23-27-15-10-12(6-8-18(15)33-23)26-22(29)21-19(25)13-3-2-4-16(28(30)31)20(13)34-21/h2-10H,1H3,(H,26,29). The van der Waals surface area contributed by atoms with Crippen LogP contribution in [0.1, 0.15) is 9.67 Å². The van der Waals surface area contributed by atoms with E-state index in [1.54, 1.807) is 37.4 Å². The number of anilines is 1. The number of thiophene rings is 1. The van der Waals surface area contributed by atoms with Gasteiger partial charge in [0.25, 0.3) is 11.6 Å². The number of methoxy groups -OCH3 is 1. The summed E-state index contributed by atoms with van der Waals surface area (Å²) in [6.07, 6.45) is 0. The van der Waals surface area contributed by atoms with E-state index in [2.05, 4.69) is 26.2 Å². The van der Waals surface area contributed by atoms with Crippen molar-refractivity contribution in [3.8, 4) is 17.2 Å². The molecule has 0 radical (unpaired) electrons. The van der Waals surface area contributed by atoms with Crippen molar-refractivity contribution in [1.82, 2.24) is 4.98 Å². The number of nitro benzene ring substituents is 1. The number of nitro groups is 1. The molecule has 3 aromatic carbocycles. The van der Waals surface area contributed by atoms with Gasteiger partial charge in [-0.3, -0.25) is 14.9 Å². The van der Waals surface area contributed by atoms with Crippen LogP contribution in [-0.2, 0) is 0 Å². The van der Waals surface area contributed by atoms with Crippen molar-refractivity contribution in [3.63, 3.8) is 0 Å². The monoisotopic (exact) mass is 557 g/mol. The second kappa shape index (κ2) is 8.71. The molecule has 1 N–H and O–H groups in total. The normalized spacial score (nSPS) is 11.1. The van der Waals surface area contributed by atoms with Crippen molar-refractivity contribution < 1.29 is 18.9 Å². The number of oxazole rings is 1. The highest BCUT2D eigenvalue weighted by molar-refractivity contribution is 9.10. The van der Waals surface area contributed by atoms with Gasteiger partial charge in [-0.2, -0.15) is 0 Å². The van der Waals surface area contributed by atoms with Crippen LogP contribution in [0.2, 0.25) is 5.02 Å². The van der Waals surface area contributed by atoms with E-state index in [1.807, 2.05) is 12.1 Å². The van der Waals surface area contributed by atoms with E-state index >= 15 is 0 Å². The van der Waals surface area contributed by atoms with E-state index in [1.165, 1.54) is 12.1 Å². The quantitative estimate of drug-likeness (QED) is 0.179. The SMILES string of the molecule is COc1ccc(-c2nc3cc(NC(=O)c4sc5c([N+](=O)[O-])cccc5c4Cl)ccc3o2)cc1Br. The first-order valence-electron chi connectivity index (χ1n) is 9.77. The third-order valence-corrected chi connectivity index (χ3v) is 7.43. The van der Waals surface area contributed by atoms with Crippen molar-refractivity contribution >= 4 is 77.3 Å². The number of carbonyl (C=O) groups is 1. The van der Waals surface area contributed by atoms with Crippen LogP contribution >= 0.6 is 38.9 Å². The lowest BCUT2D eigenvalue weighted by Crippen LogP contribution is -2.10. The minimum absolute atomic E-state index is 0.0924. The molecule has 0 aliphatic heterocycles. The summed E-state index contributed by atoms with van der Waals surface area (Å²) in [7, 11) is 1.59. The predicted octanol–water partition coefficient (Wildman–Crippen LogP) is 7.29. The zero-order valence-corrected chi connectivity index (χ0v) is 20.5. The molecular weight excluding hydrogens is 546 g/mol. The minimum atomic E-state index is -0.492. The Balaban J connectivity index is 1.45. The van der Waals surface area contributed by atoms with Crippen molar-refractivity contribution in [1.29, 1.82) is 0 Å². The molecule has 0 bridgehead atoms.